The predicted molar refractivity (Wildman–Crippen MR) is 56.3 cm³/mol. The first kappa shape index (κ1) is 11.1. The predicted octanol–water partition coefficient (Wildman–Crippen LogP) is 1.84. The lowest BCUT2D eigenvalue weighted by atomic mass is 9.99. The average molecular weight is 222 g/mol. The van der Waals surface area contributed by atoms with Crippen molar-refractivity contribution < 1.29 is 19.3 Å². The van der Waals surface area contributed by atoms with Gasteiger partial charge in [-0.15, -0.1) is 0 Å². The summed E-state index contributed by atoms with van der Waals surface area (Å²) in [4.78, 5) is 21.2. The summed E-state index contributed by atoms with van der Waals surface area (Å²) in [6, 6.07) is 9.51. The molecule has 4 heteroatoms. The molecule has 2 rings (SSSR count). The zero-order valence-electron chi connectivity index (χ0n) is 9.30. The smallest absolute Gasteiger partial charge is 0.344 e. The summed E-state index contributed by atoms with van der Waals surface area (Å²) in [5.74, 6) is -0.393. The molecule has 0 radical (unpaired) electrons. The Balaban J connectivity index is 1.89. The van der Waals surface area contributed by atoms with E-state index in [2.05, 4.69) is 0 Å². The highest BCUT2D eigenvalue weighted by Gasteiger charge is 2.52. The van der Waals surface area contributed by atoms with Gasteiger partial charge in [0.15, 0.2) is 0 Å². The van der Waals surface area contributed by atoms with Gasteiger partial charge in [0, 0.05) is 0 Å². The Labute approximate surface area is 94.0 Å². The molecule has 1 saturated heterocycles. The van der Waals surface area contributed by atoms with Crippen LogP contribution in [0.1, 0.15) is 19.4 Å². The molecule has 4 nitrogen and oxygen atoms in total. The molecule has 1 aliphatic heterocycles. The largest absolute Gasteiger partial charge is 0.459 e. The average Bonchev–Trinajstić information content (AvgIpc) is 2.34. The number of carbonyl (C=O) groups excluding carboxylic acids is 1. The van der Waals surface area contributed by atoms with E-state index < -0.39 is 11.6 Å². The molecular formula is C12H14O4. The molecule has 1 heterocycles. The Hall–Kier alpha value is -1.39. The molecule has 0 bridgehead atoms. The molecule has 16 heavy (non-hydrogen) atoms. The molecule has 1 aliphatic rings. The number of hydrogen-bond donors (Lipinski definition) is 0. The molecule has 0 spiro atoms. The standard InChI is InChI=1S/C12H14O4/c1-9-12(2,16-15-9)11(13)14-8-10-6-4-3-5-7-10/h3-7,9H,8H2,1-2H3. The Morgan fingerprint density at radius 1 is 1.44 bits per heavy atom. The van der Waals surface area contributed by atoms with Crippen LogP contribution in [0.5, 0.6) is 0 Å². The van der Waals surface area contributed by atoms with Crippen molar-refractivity contribution in [2.24, 2.45) is 0 Å². The van der Waals surface area contributed by atoms with Gasteiger partial charge in [0.1, 0.15) is 12.7 Å². The van der Waals surface area contributed by atoms with Gasteiger partial charge in [0.05, 0.1) is 0 Å². The van der Waals surface area contributed by atoms with E-state index in [1.807, 2.05) is 30.3 Å². The molecule has 86 valence electrons. The third-order valence-corrected chi connectivity index (χ3v) is 2.76. The second kappa shape index (κ2) is 4.23. The monoisotopic (exact) mass is 222 g/mol. The van der Waals surface area contributed by atoms with Crippen LogP contribution in [0, 0.1) is 0 Å². The number of rotatable bonds is 3. The van der Waals surface area contributed by atoms with Gasteiger partial charge in [-0.05, 0) is 19.4 Å². The second-order valence-electron chi connectivity index (χ2n) is 3.99. The van der Waals surface area contributed by atoms with Crippen molar-refractivity contribution in [2.45, 2.75) is 32.2 Å². The second-order valence-corrected chi connectivity index (χ2v) is 3.99. The molecular weight excluding hydrogens is 208 g/mol. The summed E-state index contributed by atoms with van der Waals surface area (Å²) in [6.45, 7) is 3.69. The fraction of sp³-hybridized carbons (Fsp3) is 0.417. The van der Waals surface area contributed by atoms with Crippen LogP contribution in [0.4, 0.5) is 0 Å². The van der Waals surface area contributed by atoms with Gasteiger partial charge in [-0.2, -0.15) is 0 Å². The van der Waals surface area contributed by atoms with Crippen LogP contribution in [-0.2, 0) is 25.9 Å². The maximum atomic E-state index is 11.7. The van der Waals surface area contributed by atoms with Crippen LogP contribution >= 0.6 is 0 Å². The first-order chi connectivity index (χ1) is 7.63. The molecule has 0 N–H and O–H groups in total. The zero-order valence-corrected chi connectivity index (χ0v) is 9.30. The van der Waals surface area contributed by atoms with Gasteiger partial charge in [-0.3, -0.25) is 0 Å². The normalized spacial score (nSPS) is 28.2. The number of hydrogen-bond acceptors (Lipinski definition) is 4. The summed E-state index contributed by atoms with van der Waals surface area (Å²) < 4.78 is 5.16. The van der Waals surface area contributed by atoms with E-state index in [1.165, 1.54) is 0 Å². The van der Waals surface area contributed by atoms with E-state index in [0.717, 1.165) is 5.56 Å². The molecule has 2 unspecified atom stereocenters. The van der Waals surface area contributed by atoms with Crippen LogP contribution in [0.25, 0.3) is 0 Å². The van der Waals surface area contributed by atoms with Crippen molar-refractivity contribution in [3.05, 3.63) is 35.9 Å². The molecule has 1 aromatic carbocycles. The van der Waals surface area contributed by atoms with E-state index in [1.54, 1.807) is 13.8 Å². The van der Waals surface area contributed by atoms with Crippen molar-refractivity contribution in [1.29, 1.82) is 0 Å². The van der Waals surface area contributed by atoms with Crippen LogP contribution < -0.4 is 0 Å². The molecule has 1 fully saturated rings. The van der Waals surface area contributed by atoms with E-state index in [9.17, 15) is 4.79 Å². The summed E-state index contributed by atoms with van der Waals surface area (Å²) in [7, 11) is 0. The fourth-order valence-electron chi connectivity index (χ4n) is 1.36. The Bertz CT molecular complexity index is 376. The van der Waals surface area contributed by atoms with Crippen LogP contribution in [0.3, 0.4) is 0 Å². The molecule has 2 atom stereocenters. The first-order valence-electron chi connectivity index (χ1n) is 5.18. The lowest BCUT2D eigenvalue weighted by molar-refractivity contribution is -0.488. The van der Waals surface area contributed by atoms with Crippen molar-refractivity contribution >= 4 is 5.97 Å². The highest BCUT2D eigenvalue weighted by atomic mass is 17.3. The Morgan fingerprint density at radius 3 is 2.62 bits per heavy atom. The number of esters is 1. The van der Waals surface area contributed by atoms with Gasteiger partial charge < -0.3 is 4.74 Å². The zero-order chi connectivity index (χ0) is 11.6. The van der Waals surface area contributed by atoms with Crippen LogP contribution in [-0.4, -0.2) is 17.7 Å². The van der Waals surface area contributed by atoms with Crippen molar-refractivity contribution in [3.8, 4) is 0 Å². The summed E-state index contributed by atoms with van der Waals surface area (Å²) in [6.07, 6.45) is -0.268. The van der Waals surface area contributed by atoms with Gasteiger partial charge in [0.2, 0.25) is 5.60 Å². The topological polar surface area (TPSA) is 44.8 Å². The van der Waals surface area contributed by atoms with E-state index >= 15 is 0 Å². The van der Waals surface area contributed by atoms with Crippen LogP contribution in [0.2, 0.25) is 0 Å². The minimum atomic E-state index is -0.964. The minimum Gasteiger partial charge on any atom is -0.459 e. The minimum absolute atomic E-state index is 0.255. The molecule has 0 aliphatic carbocycles. The SMILES string of the molecule is CC1OOC1(C)C(=O)OCc1ccccc1. The van der Waals surface area contributed by atoms with E-state index in [-0.39, 0.29) is 12.7 Å². The fourth-order valence-corrected chi connectivity index (χ4v) is 1.36. The molecule has 0 saturated carbocycles. The first-order valence-corrected chi connectivity index (χ1v) is 5.18. The summed E-state index contributed by atoms with van der Waals surface area (Å²) in [5, 5.41) is 0. The lowest BCUT2D eigenvalue weighted by Gasteiger charge is -2.39. The third kappa shape index (κ3) is 1.94. The van der Waals surface area contributed by atoms with Crippen LogP contribution in [0.15, 0.2) is 30.3 Å². The van der Waals surface area contributed by atoms with Gasteiger partial charge in [-0.1, -0.05) is 30.3 Å². The van der Waals surface area contributed by atoms with Crippen molar-refractivity contribution in [1.82, 2.24) is 0 Å². The molecule has 0 amide bonds. The maximum absolute atomic E-state index is 11.7. The number of benzene rings is 1. The highest BCUT2D eigenvalue weighted by molar-refractivity contribution is 5.80. The van der Waals surface area contributed by atoms with Crippen molar-refractivity contribution in [3.63, 3.8) is 0 Å². The summed E-state index contributed by atoms with van der Waals surface area (Å²) in [5.41, 5.74) is -0.0123. The quantitative estimate of drug-likeness (QED) is 0.578. The number of carbonyl (C=O) groups is 1. The van der Waals surface area contributed by atoms with Gasteiger partial charge in [-0.25, -0.2) is 14.6 Å². The van der Waals surface area contributed by atoms with Gasteiger partial charge >= 0.3 is 5.97 Å². The summed E-state index contributed by atoms with van der Waals surface area (Å²) >= 11 is 0. The molecule has 1 aromatic rings. The maximum Gasteiger partial charge on any atom is 0.344 e. The van der Waals surface area contributed by atoms with E-state index in [0.29, 0.717) is 0 Å². The third-order valence-electron chi connectivity index (χ3n) is 2.76. The van der Waals surface area contributed by atoms with Gasteiger partial charge in [0.25, 0.3) is 0 Å². The van der Waals surface area contributed by atoms with Crippen molar-refractivity contribution in [2.75, 3.05) is 0 Å². The highest BCUT2D eigenvalue weighted by Crippen LogP contribution is 2.30. The Kier molecular flexibility index (Phi) is 2.94. The molecule has 0 aromatic heterocycles. The lowest BCUT2D eigenvalue weighted by Crippen LogP contribution is -2.58. The Morgan fingerprint density at radius 2 is 2.12 bits per heavy atom. The van der Waals surface area contributed by atoms with E-state index in [4.69, 9.17) is 14.5 Å². The number of ether oxygens (including phenoxy) is 1.